The molecule has 5 heteroatoms. The fourth-order valence-corrected chi connectivity index (χ4v) is 1.41. The summed E-state index contributed by atoms with van der Waals surface area (Å²) in [7, 11) is 5.38. The third kappa shape index (κ3) is 3.67. The Kier molecular flexibility index (Phi) is 5.01. The van der Waals surface area contributed by atoms with Crippen LogP contribution in [0.2, 0.25) is 0 Å². The monoisotopic (exact) mass is 226 g/mol. The standard InChI is InChI=1S/C11H18N2O3/c1-13(2)9(10-5-4-6-16-10)7-12-11(14)8-15-3/h4-6,9H,7-8H2,1-3H3,(H,12,14). The van der Waals surface area contributed by atoms with Gasteiger partial charge >= 0.3 is 0 Å². The number of hydrogen-bond donors (Lipinski definition) is 1. The molecule has 1 N–H and O–H groups in total. The Morgan fingerprint density at radius 1 is 1.62 bits per heavy atom. The summed E-state index contributed by atoms with van der Waals surface area (Å²) in [5.41, 5.74) is 0. The molecule has 0 aliphatic heterocycles. The molecule has 0 aliphatic rings. The van der Waals surface area contributed by atoms with Gasteiger partial charge in [0.15, 0.2) is 0 Å². The van der Waals surface area contributed by atoms with Gasteiger partial charge in [-0.05, 0) is 26.2 Å². The zero-order valence-corrected chi connectivity index (χ0v) is 9.90. The number of nitrogens with one attached hydrogen (secondary N) is 1. The lowest BCUT2D eigenvalue weighted by Crippen LogP contribution is -2.36. The van der Waals surface area contributed by atoms with Gasteiger partial charge in [-0.25, -0.2) is 0 Å². The second-order valence-electron chi connectivity index (χ2n) is 3.73. The van der Waals surface area contributed by atoms with Gasteiger partial charge in [0.2, 0.25) is 5.91 Å². The van der Waals surface area contributed by atoms with Crippen molar-refractivity contribution in [2.45, 2.75) is 6.04 Å². The molecule has 1 atom stereocenters. The van der Waals surface area contributed by atoms with Gasteiger partial charge in [-0.2, -0.15) is 0 Å². The minimum Gasteiger partial charge on any atom is -0.468 e. The van der Waals surface area contributed by atoms with Crippen LogP contribution in [0.25, 0.3) is 0 Å². The molecule has 0 radical (unpaired) electrons. The van der Waals surface area contributed by atoms with Gasteiger partial charge in [0.05, 0.1) is 12.3 Å². The molecule has 90 valence electrons. The Hall–Kier alpha value is -1.33. The van der Waals surface area contributed by atoms with Crippen molar-refractivity contribution in [3.63, 3.8) is 0 Å². The van der Waals surface area contributed by atoms with Crippen LogP contribution in [-0.2, 0) is 9.53 Å². The van der Waals surface area contributed by atoms with E-state index in [-0.39, 0.29) is 18.6 Å². The van der Waals surface area contributed by atoms with Gasteiger partial charge < -0.3 is 14.5 Å². The normalized spacial score (nSPS) is 12.8. The molecule has 0 spiro atoms. The van der Waals surface area contributed by atoms with Crippen LogP contribution < -0.4 is 5.32 Å². The molecule has 1 aromatic rings. The molecule has 5 nitrogen and oxygen atoms in total. The van der Waals surface area contributed by atoms with E-state index in [2.05, 4.69) is 5.32 Å². The van der Waals surface area contributed by atoms with Crippen LogP contribution in [0.15, 0.2) is 22.8 Å². The Balaban J connectivity index is 2.50. The van der Waals surface area contributed by atoms with Crippen LogP contribution in [0.3, 0.4) is 0 Å². The van der Waals surface area contributed by atoms with E-state index in [0.717, 1.165) is 5.76 Å². The van der Waals surface area contributed by atoms with Gasteiger partial charge in [-0.1, -0.05) is 0 Å². The Morgan fingerprint density at radius 3 is 2.88 bits per heavy atom. The predicted molar refractivity (Wildman–Crippen MR) is 60.0 cm³/mol. The molecular formula is C11H18N2O3. The summed E-state index contributed by atoms with van der Waals surface area (Å²) in [6.45, 7) is 0.584. The topological polar surface area (TPSA) is 54.7 Å². The third-order valence-electron chi connectivity index (χ3n) is 2.26. The molecule has 1 rings (SSSR count). The van der Waals surface area contributed by atoms with Crippen molar-refractivity contribution in [2.24, 2.45) is 0 Å². The molecule has 0 saturated heterocycles. The zero-order valence-electron chi connectivity index (χ0n) is 9.90. The molecule has 0 aromatic carbocycles. The van der Waals surface area contributed by atoms with E-state index < -0.39 is 0 Å². The van der Waals surface area contributed by atoms with Crippen LogP contribution in [0.5, 0.6) is 0 Å². The average molecular weight is 226 g/mol. The molecule has 16 heavy (non-hydrogen) atoms. The first-order chi connectivity index (χ1) is 7.65. The predicted octanol–water partition coefficient (Wildman–Crippen LogP) is 0.645. The molecule has 0 bridgehead atoms. The van der Waals surface area contributed by atoms with Gasteiger partial charge in [-0.15, -0.1) is 0 Å². The fraction of sp³-hybridized carbons (Fsp3) is 0.545. The largest absolute Gasteiger partial charge is 0.468 e. The highest BCUT2D eigenvalue weighted by Gasteiger charge is 2.17. The highest BCUT2D eigenvalue weighted by Crippen LogP contribution is 2.17. The summed E-state index contributed by atoms with van der Waals surface area (Å²) < 4.78 is 10.1. The van der Waals surface area contributed by atoms with Gasteiger partial charge in [0, 0.05) is 13.7 Å². The lowest BCUT2D eigenvalue weighted by Gasteiger charge is -2.22. The average Bonchev–Trinajstić information content (AvgIpc) is 2.71. The molecule has 0 fully saturated rings. The van der Waals surface area contributed by atoms with Crippen LogP contribution in [0.1, 0.15) is 11.8 Å². The van der Waals surface area contributed by atoms with Crippen LogP contribution in [0, 0.1) is 0 Å². The summed E-state index contributed by atoms with van der Waals surface area (Å²) in [5, 5.41) is 2.79. The van der Waals surface area contributed by atoms with Crippen molar-refractivity contribution in [1.82, 2.24) is 10.2 Å². The molecular weight excluding hydrogens is 208 g/mol. The number of carbonyl (C=O) groups excluding carboxylic acids is 1. The quantitative estimate of drug-likeness (QED) is 0.773. The van der Waals surface area contributed by atoms with Crippen molar-refractivity contribution in [2.75, 3.05) is 34.4 Å². The number of amides is 1. The first kappa shape index (κ1) is 12.7. The van der Waals surface area contributed by atoms with E-state index in [1.54, 1.807) is 6.26 Å². The number of likely N-dealkylation sites (N-methyl/N-ethyl adjacent to an activating group) is 1. The number of methoxy groups -OCH3 is 1. The van der Waals surface area contributed by atoms with E-state index in [4.69, 9.17) is 9.15 Å². The number of ether oxygens (including phenoxy) is 1. The maximum absolute atomic E-state index is 11.3. The Labute approximate surface area is 95.4 Å². The second kappa shape index (κ2) is 6.30. The molecule has 0 saturated carbocycles. The minimum atomic E-state index is -0.124. The molecule has 1 heterocycles. The maximum atomic E-state index is 11.3. The summed E-state index contributed by atoms with van der Waals surface area (Å²) in [6.07, 6.45) is 1.63. The maximum Gasteiger partial charge on any atom is 0.246 e. The van der Waals surface area contributed by atoms with E-state index in [0.29, 0.717) is 6.54 Å². The van der Waals surface area contributed by atoms with Crippen molar-refractivity contribution in [3.05, 3.63) is 24.2 Å². The third-order valence-corrected chi connectivity index (χ3v) is 2.26. The minimum absolute atomic E-state index is 0.0378. The molecule has 1 unspecified atom stereocenters. The van der Waals surface area contributed by atoms with Crippen LogP contribution in [0.4, 0.5) is 0 Å². The highest BCUT2D eigenvalue weighted by molar-refractivity contribution is 5.77. The SMILES string of the molecule is COCC(=O)NCC(c1ccco1)N(C)C. The smallest absolute Gasteiger partial charge is 0.246 e. The van der Waals surface area contributed by atoms with Crippen molar-refractivity contribution < 1.29 is 13.9 Å². The number of rotatable bonds is 6. The summed E-state index contributed by atoms with van der Waals surface area (Å²) >= 11 is 0. The van der Waals surface area contributed by atoms with E-state index >= 15 is 0 Å². The molecule has 1 amide bonds. The van der Waals surface area contributed by atoms with Gasteiger partial charge in [0.25, 0.3) is 0 Å². The number of furan rings is 1. The fourth-order valence-electron chi connectivity index (χ4n) is 1.41. The molecule has 0 aliphatic carbocycles. The van der Waals surface area contributed by atoms with Gasteiger partial charge in [-0.3, -0.25) is 9.69 Å². The van der Waals surface area contributed by atoms with Gasteiger partial charge in [0.1, 0.15) is 12.4 Å². The summed E-state index contributed by atoms with van der Waals surface area (Å²) in [6, 6.07) is 3.77. The van der Waals surface area contributed by atoms with E-state index in [9.17, 15) is 4.79 Å². The van der Waals surface area contributed by atoms with Crippen LogP contribution in [-0.4, -0.2) is 45.2 Å². The zero-order chi connectivity index (χ0) is 12.0. The highest BCUT2D eigenvalue weighted by atomic mass is 16.5. The number of nitrogens with zero attached hydrogens (tertiary/aromatic N) is 1. The van der Waals surface area contributed by atoms with Crippen molar-refractivity contribution in [3.8, 4) is 0 Å². The summed E-state index contributed by atoms with van der Waals surface area (Å²) in [5.74, 6) is 0.712. The first-order valence-corrected chi connectivity index (χ1v) is 5.10. The van der Waals surface area contributed by atoms with E-state index in [1.807, 2.05) is 31.1 Å². The second-order valence-corrected chi connectivity index (χ2v) is 3.73. The molecule has 1 aromatic heterocycles. The summed E-state index contributed by atoms with van der Waals surface area (Å²) in [4.78, 5) is 13.2. The lowest BCUT2D eigenvalue weighted by atomic mass is 10.2. The number of carbonyl (C=O) groups is 1. The van der Waals surface area contributed by atoms with Crippen molar-refractivity contribution >= 4 is 5.91 Å². The van der Waals surface area contributed by atoms with Crippen molar-refractivity contribution in [1.29, 1.82) is 0 Å². The first-order valence-electron chi connectivity index (χ1n) is 5.10. The lowest BCUT2D eigenvalue weighted by molar-refractivity contribution is -0.124. The number of hydrogen-bond acceptors (Lipinski definition) is 4. The van der Waals surface area contributed by atoms with Crippen LogP contribution >= 0.6 is 0 Å². The Bertz CT molecular complexity index is 309. The van der Waals surface area contributed by atoms with E-state index in [1.165, 1.54) is 7.11 Å². The Morgan fingerprint density at radius 2 is 2.38 bits per heavy atom.